The third-order valence-electron chi connectivity index (χ3n) is 9.09. The molecule has 1 unspecified atom stereocenters. The molecule has 1 aromatic rings. The molecule has 198 valence electrons. The second kappa shape index (κ2) is 10.2. The summed E-state index contributed by atoms with van der Waals surface area (Å²) in [4.78, 5) is 28.9. The fourth-order valence-electron chi connectivity index (χ4n) is 6.98. The lowest BCUT2D eigenvalue weighted by Gasteiger charge is -2.65. The number of piperidine rings is 1. The predicted molar refractivity (Wildman–Crippen MR) is 141 cm³/mol. The van der Waals surface area contributed by atoms with Crippen molar-refractivity contribution in [3.05, 3.63) is 71.5 Å². The van der Waals surface area contributed by atoms with Crippen LogP contribution >= 0.6 is 0 Å². The largest absolute Gasteiger partial charge is 0.497 e. The number of Topliss-reactive ketones (excluding diaryl/α,β-unsaturated/α-hetero) is 1. The maximum atomic E-state index is 13.7. The summed E-state index contributed by atoms with van der Waals surface area (Å²) in [5.74, 6) is 1.09. The minimum absolute atomic E-state index is 0.0131. The van der Waals surface area contributed by atoms with Crippen LogP contribution in [0.2, 0.25) is 0 Å². The van der Waals surface area contributed by atoms with Gasteiger partial charge in [0, 0.05) is 31.7 Å². The molecule has 2 bridgehead atoms. The highest BCUT2D eigenvalue weighted by Crippen LogP contribution is 2.62. The first kappa shape index (κ1) is 25.9. The zero-order valence-corrected chi connectivity index (χ0v) is 22.3. The van der Waals surface area contributed by atoms with Gasteiger partial charge in [0.05, 0.1) is 19.8 Å². The van der Waals surface area contributed by atoms with Gasteiger partial charge in [-0.3, -0.25) is 14.5 Å². The van der Waals surface area contributed by atoms with Gasteiger partial charge in [-0.1, -0.05) is 48.6 Å². The molecule has 0 amide bonds. The summed E-state index contributed by atoms with van der Waals surface area (Å²) < 4.78 is 18.0. The number of rotatable bonds is 9. The highest BCUT2D eigenvalue weighted by molar-refractivity contribution is 5.86. The standard InChI is InChI=1S/C31H39NO5/c1-21(35-4)10-13-26-16-29-31(37-23(3)33)18-28(36-20-25-8-6-5-7-9-25)27(34)17-30(31,22(26)2)14-15-32(29)19-24-11-12-24/h5-10,13,24,28-29H,1,11-12,14-20H2,2-4H3/b13-10-/t28?,29-,30-,31-/m1/s1. The number of esters is 1. The maximum absolute atomic E-state index is 13.7. The molecule has 4 aliphatic rings. The normalized spacial score (nSPS) is 31.8. The van der Waals surface area contributed by atoms with Crippen molar-refractivity contribution in [2.45, 2.75) is 76.7 Å². The Kier molecular flexibility index (Phi) is 7.16. The lowest BCUT2D eigenvalue weighted by molar-refractivity contribution is -0.229. The van der Waals surface area contributed by atoms with E-state index in [0.29, 0.717) is 31.1 Å². The molecule has 37 heavy (non-hydrogen) atoms. The van der Waals surface area contributed by atoms with Crippen molar-refractivity contribution in [3.8, 4) is 0 Å². The van der Waals surface area contributed by atoms with Crippen molar-refractivity contribution in [1.29, 1.82) is 0 Å². The highest BCUT2D eigenvalue weighted by atomic mass is 16.6. The summed E-state index contributed by atoms with van der Waals surface area (Å²) >= 11 is 0. The van der Waals surface area contributed by atoms with E-state index < -0.39 is 17.1 Å². The Balaban J connectivity index is 1.55. The predicted octanol–water partition coefficient (Wildman–Crippen LogP) is 5.14. The van der Waals surface area contributed by atoms with E-state index in [1.165, 1.54) is 25.3 Å². The second-order valence-electron chi connectivity index (χ2n) is 11.3. The number of likely N-dealkylation sites (tertiary alicyclic amines) is 1. The smallest absolute Gasteiger partial charge is 0.303 e. The molecule has 1 saturated heterocycles. The zero-order chi connectivity index (χ0) is 26.2. The van der Waals surface area contributed by atoms with E-state index in [0.717, 1.165) is 37.1 Å². The second-order valence-corrected chi connectivity index (χ2v) is 11.3. The molecule has 1 aromatic carbocycles. The molecule has 1 heterocycles. The van der Waals surface area contributed by atoms with Gasteiger partial charge in [-0.25, -0.2) is 0 Å². The van der Waals surface area contributed by atoms with Crippen molar-refractivity contribution in [2.75, 3.05) is 20.2 Å². The number of ether oxygens (including phenoxy) is 3. The highest BCUT2D eigenvalue weighted by Gasteiger charge is 2.69. The van der Waals surface area contributed by atoms with Crippen LogP contribution in [0.4, 0.5) is 0 Å². The zero-order valence-electron chi connectivity index (χ0n) is 22.3. The van der Waals surface area contributed by atoms with Crippen molar-refractivity contribution in [2.24, 2.45) is 11.3 Å². The first-order chi connectivity index (χ1) is 17.8. The number of nitrogens with zero attached hydrogens (tertiary/aromatic N) is 1. The lowest BCUT2D eigenvalue weighted by atomic mass is 9.48. The molecular formula is C31H39NO5. The Labute approximate surface area is 220 Å². The number of allylic oxidation sites excluding steroid dienone is 2. The maximum Gasteiger partial charge on any atom is 0.303 e. The summed E-state index contributed by atoms with van der Waals surface area (Å²) in [6.07, 6.45) is 8.13. The van der Waals surface area contributed by atoms with Crippen LogP contribution in [0.1, 0.15) is 57.9 Å². The number of hydrogen-bond donors (Lipinski definition) is 0. The van der Waals surface area contributed by atoms with Gasteiger partial charge in [-0.15, -0.1) is 0 Å². The minimum Gasteiger partial charge on any atom is -0.497 e. The van der Waals surface area contributed by atoms with E-state index in [9.17, 15) is 9.59 Å². The molecule has 3 aliphatic carbocycles. The minimum atomic E-state index is -0.805. The van der Waals surface area contributed by atoms with E-state index >= 15 is 0 Å². The van der Waals surface area contributed by atoms with Gasteiger partial charge in [0.2, 0.25) is 0 Å². The molecule has 0 N–H and O–H groups in total. The van der Waals surface area contributed by atoms with Crippen LogP contribution < -0.4 is 0 Å². The Morgan fingerprint density at radius 1 is 1.24 bits per heavy atom. The van der Waals surface area contributed by atoms with Crippen LogP contribution in [0.25, 0.3) is 0 Å². The number of methoxy groups -OCH3 is 1. The topological polar surface area (TPSA) is 65.1 Å². The van der Waals surface area contributed by atoms with Gasteiger partial charge < -0.3 is 14.2 Å². The summed E-state index contributed by atoms with van der Waals surface area (Å²) in [6.45, 7) is 9.83. The third-order valence-corrected chi connectivity index (χ3v) is 9.09. The molecule has 0 aromatic heterocycles. The van der Waals surface area contributed by atoms with Crippen LogP contribution in [0.5, 0.6) is 0 Å². The number of carbonyl (C=O) groups excluding carboxylic acids is 2. The molecule has 4 atom stereocenters. The van der Waals surface area contributed by atoms with E-state index in [1.807, 2.05) is 36.4 Å². The van der Waals surface area contributed by atoms with Gasteiger partial charge >= 0.3 is 5.97 Å². The van der Waals surface area contributed by atoms with Gasteiger partial charge in [-0.05, 0) is 62.3 Å². The molecular weight excluding hydrogens is 466 g/mol. The Hall–Kier alpha value is -2.70. The monoisotopic (exact) mass is 505 g/mol. The van der Waals surface area contributed by atoms with E-state index in [1.54, 1.807) is 7.11 Å². The first-order valence-corrected chi connectivity index (χ1v) is 13.5. The lowest BCUT2D eigenvalue weighted by Crippen LogP contribution is -2.74. The van der Waals surface area contributed by atoms with Gasteiger partial charge in [-0.2, -0.15) is 0 Å². The number of benzene rings is 1. The number of ketones is 1. The average molecular weight is 506 g/mol. The van der Waals surface area contributed by atoms with Crippen LogP contribution in [-0.4, -0.2) is 54.6 Å². The molecule has 3 fully saturated rings. The van der Waals surface area contributed by atoms with Crippen molar-refractivity contribution < 1.29 is 23.8 Å². The Morgan fingerprint density at radius 2 is 2.00 bits per heavy atom. The van der Waals surface area contributed by atoms with E-state index in [-0.39, 0.29) is 17.8 Å². The van der Waals surface area contributed by atoms with Crippen LogP contribution in [0.15, 0.2) is 66.0 Å². The van der Waals surface area contributed by atoms with Gasteiger partial charge in [0.15, 0.2) is 5.78 Å². The molecule has 2 saturated carbocycles. The third kappa shape index (κ3) is 4.82. The summed E-state index contributed by atoms with van der Waals surface area (Å²) in [5, 5.41) is 0. The summed E-state index contributed by atoms with van der Waals surface area (Å²) in [6, 6.07) is 9.90. The first-order valence-electron chi connectivity index (χ1n) is 13.5. The SMILES string of the molecule is C=C(/C=C\C1=C(C)[C@]23CCN(CC4CC4)[C@H](C1)[C@]2(OC(C)=O)CC(OCc1ccccc1)C(=O)C3)OC. The molecule has 6 nitrogen and oxygen atoms in total. The van der Waals surface area contributed by atoms with Crippen molar-refractivity contribution in [1.82, 2.24) is 4.90 Å². The summed E-state index contributed by atoms with van der Waals surface area (Å²) in [7, 11) is 1.61. The quantitative estimate of drug-likeness (QED) is 0.263. The van der Waals surface area contributed by atoms with Gasteiger partial charge in [0.1, 0.15) is 17.5 Å². The van der Waals surface area contributed by atoms with Crippen molar-refractivity contribution >= 4 is 11.8 Å². The Bertz CT molecular complexity index is 1120. The van der Waals surface area contributed by atoms with E-state index in [2.05, 4.69) is 24.5 Å². The fraction of sp³-hybridized carbons (Fsp3) is 0.548. The summed E-state index contributed by atoms with van der Waals surface area (Å²) in [5.41, 5.74) is 2.01. The molecule has 6 heteroatoms. The molecule has 5 rings (SSSR count). The molecule has 0 spiro atoms. The van der Waals surface area contributed by atoms with E-state index in [4.69, 9.17) is 14.2 Å². The van der Waals surface area contributed by atoms with Crippen LogP contribution in [-0.2, 0) is 30.4 Å². The van der Waals surface area contributed by atoms with Gasteiger partial charge in [0.25, 0.3) is 0 Å². The molecule has 1 aliphatic heterocycles. The Morgan fingerprint density at radius 3 is 2.68 bits per heavy atom. The van der Waals surface area contributed by atoms with Crippen molar-refractivity contribution in [3.63, 3.8) is 0 Å². The number of hydrogen-bond acceptors (Lipinski definition) is 6. The molecule has 0 radical (unpaired) electrons. The van der Waals surface area contributed by atoms with Crippen LogP contribution in [0.3, 0.4) is 0 Å². The fourth-order valence-corrected chi connectivity index (χ4v) is 6.98. The number of carbonyl (C=O) groups is 2. The van der Waals surface area contributed by atoms with Crippen LogP contribution in [0, 0.1) is 11.3 Å². The average Bonchev–Trinajstić information content (AvgIpc) is 3.70.